The Hall–Kier alpha value is -0.870. The van der Waals surface area contributed by atoms with Crippen LogP contribution in [0.25, 0.3) is 0 Å². The van der Waals surface area contributed by atoms with Gasteiger partial charge in [0.25, 0.3) is 0 Å². The van der Waals surface area contributed by atoms with Gasteiger partial charge in [-0.15, -0.1) is 0 Å². The van der Waals surface area contributed by atoms with Crippen LogP contribution >= 0.6 is 0 Å². The van der Waals surface area contributed by atoms with Crippen LogP contribution in [-0.2, 0) is 11.1 Å². The molecule has 1 aromatic carbocycles. The first kappa shape index (κ1) is 8.23. The lowest BCUT2D eigenvalue weighted by Crippen LogP contribution is -1.96. The number of nitrogens with two attached hydrogens (primary N) is 1. The van der Waals surface area contributed by atoms with Crippen LogP contribution < -0.4 is 5.73 Å². The van der Waals surface area contributed by atoms with Crippen LogP contribution in [0.2, 0.25) is 0 Å². The first-order valence-electron chi connectivity index (χ1n) is 3.06. The van der Waals surface area contributed by atoms with Crippen LogP contribution in [0.3, 0.4) is 0 Å². The lowest BCUT2D eigenvalue weighted by molar-refractivity contribution is 0.537. The molecule has 0 aliphatic heterocycles. The van der Waals surface area contributed by atoms with Gasteiger partial charge in [-0.3, -0.25) is 4.21 Å². The van der Waals surface area contributed by atoms with E-state index in [1.54, 1.807) is 18.2 Å². The maximum atomic E-state index is 10.5. The third kappa shape index (κ3) is 1.78. The third-order valence-corrected chi connectivity index (χ3v) is 2.06. The molecule has 0 aliphatic rings. The summed E-state index contributed by atoms with van der Waals surface area (Å²) in [6, 6.07) is 4.89. The smallest absolute Gasteiger partial charge is 0.0480 e. The van der Waals surface area contributed by atoms with Gasteiger partial charge in [0, 0.05) is 10.6 Å². The zero-order valence-electron chi connectivity index (χ0n) is 6.03. The zero-order chi connectivity index (χ0) is 8.43. The van der Waals surface area contributed by atoms with E-state index in [1.165, 1.54) is 0 Å². The van der Waals surface area contributed by atoms with Gasteiger partial charge in [0.15, 0.2) is 0 Å². The second-order valence-corrected chi connectivity index (χ2v) is 3.19. The van der Waals surface area contributed by atoms with Crippen molar-refractivity contribution in [3.8, 4) is 0 Å². The van der Waals surface area contributed by atoms with Crippen LogP contribution in [0.15, 0.2) is 23.1 Å². The van der Waals surface area contributed by atoms with Crippen molar-refractivity contribution in [3.05, 3.63) is 23.8 Å². The van der Waals surface area contributed by atoms with Crippen molar-refractivity contribution in [1.82, 2.24) is 0 Å². The average molecular weight is 170 g/mol. The van der Waals surface area contributed by atoms with Gasteiger partial charge >= 0.3 is 0 Å². The Bertz CT molecular complexity index is 298. The van der Waals surface area contributed by atoms with Gasteiger partial charge in [0.2, 0.25) is 0 Å². The van der Waals surface area contributed by atoms with Crippen molar-refractivity contribution in [2.45, 2.75) is 11.8 Å². The molecule has 1 atom stereocenters. The van der Waals surface area contributed by atoms with E-state index in [1.807, 2.05) is 6.92 Å². The topological polar surface area (TPSA) is 66.2 Å². The highest BCUT2D eigenvalue weighted by Gasteiger charge is 1.97. The predicted molar refractivity (Wildman–Crippen MR) is 42.8 cm³/mol. The van der Waals surface area contributed by atoms with Gasteiger partial charge < -0.3 is 10.3 Å². The van der Waals surface area contributed by atoms with E-state index in [0.717, 1.165) is 5.56 Å². The first-order valence-corrected chi connectivity index (χ1v) is 4.14. The van der Waals surface area contributed by atoms with Crippen molar-refractivity contribution < 1.29 is 8.76 Å². The van der Waals surface area contributed by atoms with Crippen molar-refractivity contribution in [2.75, 3.05) is 5.73 Å². The standard InChI is InChI=1S/C7H9NO2S/c1-5-2-3-6(8)7(4-5)11(9)10/h2-4H,8H2,1H3,(H,9,10)/p-1. The summed E-state index contributed by atoms with van der Waals surface area (Å²) in [5.74, 6) is 0. The largest absolute Gasteiger partial charge is 0.768 e. The second kappa shape index (κ2) is 3.02. The molecule has 60 valence electrons. The molecule has 0 amide bonds. The summed E-state index contributed by atoms with van der Waals surface area (Å²) in [5, 5.41) is 0. The van der Waals surface area contributed by atoms with Crippen molar-refractivity contribution in [3.63, 3.8) is 0 Å². The minimum absolute atomic E-state index is 0.171. The average Bonchev–Trinajstić information content (AvgIpc) is 1.94. The first-order chi connectivity index (χ1) is 5.11. The zero-order valence-corrected chi connectivity index (χ0v) is 6.85. The Balaban J connectivity index is 3.23. The van der Waals surface area contributed by atoms with Crippen LogP contribution in [0.4, 0.5) is 5.69 Å². The highest BCUT2D eigenvalue weighted by molar-refractivity contribution is 7.79. The summed E-state index contributed by atoms with van der Waals surface area (Å²) in [6.45, 7) is 1.82. The number of hydrogen-bond acceptors (Lipinski definition) is 3. The number of anilines is 1. The summed E-state index contributed by atoms with van der Waals surface area (Å²) in [5.41, 5.74) is 6.58. The van der Waals surface area contributed by atoms with Gasteiger partial charge in [-0.1, -0.05) is 6.07 Å². The summed E-state index contributed by atoms with van der Waals surface area (Å²) < 4.78 is 21.0. The van der Waals surface area contributed by atoms with Gasteiger partial charge in [-0.2, -0.15) is 0 Å². The van der Waals surface area contributed by atoms with Gasteiger partial charge in [0.1, 0.15) is 0 Å². The Morgan fingerprint density at radius 2 is 2.18 bits per heavy atom. The molecular weight excluding hydrogens is 162 g/mol. The van der Waals surface area contributed by atoms with E-state index < -0.39 is 11.1 Å². The molecule has 4 heteroatoms. The number of nitrogen functional groups attached to an aromatic ring is 1. The van der Waals surface area contributed by atoms with E-state index in [0.29, 0.717) is 5.69 Å². The molecule has 1 aromatic rings. The molecular formula is C7H8NO2S-. The minimum Gasteiger partial charge on any atom is -0.768 e. The van der Waals surface area contributed by atoms with Crippen LogP contribution in [0, 0.1) is 6.92 Å². The van der Waals surface area contributed by atoms with Gasteiger partial charge in [0.05, 0.1) is 0 Å². The van der Waals surface area contributed by atoms with Gasteiger partial charge in [-0.05, 0) is 35.7 Å². The molecule has 0 saturated carbocycles. The number of benzene rings is 1. The SMILES string of the molecule is Cc1ccc(N)c(S(=O)[O-])c1. The molecule has 0 radical (unpaired) electrons. The maximum Gasteiger partial charge on any atom is 0.0480 e. The second-order valence-electron chi connectivity index (χ2n) is 2.28. The number of aryl methyl sites for hydroxylation is 1. The Morgan fingerprint density at radius 1 is 1.55 bits per heavy atom. The highest BCUT2D eigenvalue weighted by atomic mass is 32.2. The molecule has 11 heavy (non-hydrogen) atoms. The molecule has 0 bridgehead atoms. The normalized spacial score (nSPS) is 12.9. The fourth-order valence-corrected chi connectivity index (χ4v) is 1.33. The highest BCUT2D eigenvalue weighted by Crippen LogP contribution is 2.16. The number of hydrogen-bond donors (Lipinski definition) is 1. The Morgan fingerprint density at radius 3 is 2.64 bits per heavy atom. The minimum atomic E-state index is -2.23. The third-order valence-electron chi connectivity index (χ3n) is 1.35. The summed E-state index contributed by atoms with van der Waals surface area (Å²) in [4.78, 5) is 0.171. The molecule has 0 aromatic heterocycles. The quantitative estimate of drug-likeness (QED) is 0.501. The van der Waals surface area contributed by atoms with E-state index in [4.69, 9.17) is 5.73 Å². The number of rotatable bonds is 1. The fraction of sp³-hybridized carbons (Fsp3) is 0.143. The molecule has 1 unspecified atom stereocenters. The maximum absolute atomic E-state index is 10.5. The summed E-state index contributed by atoms with van der Waals surface area (Å²) in [6.07, 6.45) is 0. The van der Waals surface area contributed by atoms with Gasteiger partial charge in [-0.25, -0.2) is 0 Å². The molecule has 0 heterocycles. The Labute approximate surface area is 67.5 Å². The van der Waals surface area contributed by atoms with Crippen molar-refractivity contribution >= 4 is 16.8 Å². The van der Waals surface area contributed by atoms with E-state index in [2.05, 4.69) is 0 Å². The van der Waals surface area contributed by atoms with E-state index >= 15 is 0 Å². The molecule has 3 nitrogen and oxygen atoms in total. The molecule has 1 rings (SSSR count). The molecule has 0 aliphatic carbocycles. The van der Waals surface area contributed by atoms with E-state index in [-0.39, 0.29) is 4.90 Å². The van der Waals surface area contributed by atoms with Crippen molar-refractivity contribution in [2.24, 2.45) is 0 Å². The molecule has 2 N–H and O–H groups in total. The molecule has 0 spiro atoms. The lowest BCUT2D eigenvalue weighted by atomic mass is 10.2. The van der Waals surface area contributed by atoms with E-state index in [9.17, 15) is 8.76 Å². The van der Waals surface area contributed by atoms with Crippen molar-refractivity contribution in [1.29, 1.82) is 0 Å². The Kier molecular flexibility index (Phi) is 2.26. The summed E-state index contributed by atoms with van der Waals surface area (Å²) in [7, 11) is 0. The predicted octanol–water partition coefficient (Wildman–Crippen LogP) is 0.815. The van der Waals surface area contributed by atoms with Crippen LogP contribution in [0.5, 0.6) is 0 Å². The lowest BCUT2D eigenvalue weighted by Gasteiger charge is -2.08. The monoisotopic (exact) mass is 170 g/mol. The molecule has 0 fully saturated rings. The molecule has 0 saturated heterocycles. The fourth-order valence-electron chi connectivity index (χ4n) is 0.786. The van der Waals surface area contributed by atoms with Crippen LogP contribution in [-0.4, -0.2) is 8.76 Å². The van der Waals surface area contributed by atoms with Crippen LogP contribution in [0.1, 0.15) is 5.56 Å². The summed E-state index contributed by atoms with van der Waals surface area (Å²) >= 11 is -2.23.